The predicted molar refractivity (Wildman–Crippen MR) is 57.7 cm³/mol. The van der Waals surface area contributed by atoms with Gasteiger partial charge in [-0.15, -0.1) is 0 Å². The Morgan fingerprint density at radius 2 is 2.29 bits per heavy atom. The summed E-state index contributed by atoms with van der Waals surface area (Å²) in [5, 5.41) is 12.0. The molecule has 7 heteroatoms. The van der Waals surface area contributed by atoms with Crippen LogP contribution in [0.5, 0.6) is 5.75 Å². The molecule has 0 fully saturated rings. The average Bonchev–Trinajstić information content (AvgIpc) is 2.79. The zero-order chi connectivity index (χ0) is 12.4. The first-order chi connectivity index (χ1) is 8.11. The largest absolute Gasteiger partial charge is 0.497 e. The molecule has 1 heterocycles. The molecule has 1 aromatic carbocycles. The fourth-order valence-electron chi connectivity index (χ4n) is 1.27. The molecular weight excluding hydrogens is 226 g/mol. The molecule has 7 nitrogen and oxygen atoms in total. The number of nitrogens with two attached hydrogens (primary N) is 1. The SMILES string of the molecule is COc1ccc(N)c(-c2nc(C(=O)O)no2)c1. The van der Waals surface area contributed by atoms with Crippen molar-refractivity contribution >= 4 is 11.7 Å². The lowest BCUT2D eigenvalue weighted by Crippen LogP contribution is -1.98. The third kappa shape index (κ3) is 2.03. The van der Waals surface area contributed by atoms with Crippen molar-refractivity contribution in [1.29, 1.82) is 0 Å². The zero-order valence-corrected chi connectivity index (χ0v) is 8.88. The van der Waals surface area contributed by atoms with Gasteiger partial charge in [-0.1, -0.05) is 0 Å². The summed E-state index contributed by atoms with van der Waals surface area (Å²) in [6, 6.07) is 4.88. The van der Waals surface area contributed by atoms with Gasteiger partial charge in [0.25, 0.3) is 11.7 Å². The van der Waals surface area contributed by atoms with Crippen molar-refractivity contribution in [3.8, 4) is 17.2 Å². The number of benzene rings is 1. The van der Waals surface area contributed by atoms with E-state index in [4.69, 9.17) is 20.1 Å². The van der Waals surface area contributed by atoms with Gasteiger partial charge >= 0.3 is 5.97 Å². The second kappa shape index (κ2) is 4.12. The molecule has 3 N–H and O–H groups in total. The van der Waals surface area contributed by atoms with E-state index in [-0.39, 0.29) is 5.89 Å². The number of rotatable bonds is 3. The lowest BCUT2D eigenvalue weighted by Gasteiger charge is -2.03. The molecule has 0 amide bonds. The van der Waals surface area contributed by atoms with Crippen molar-refractivity contribution in [3.63, 3.8) is 0 Å². The van der Waals surface area contributed by atoms with E-state index in [1.54, 1.807) is 18.2 Å². The number of aromatic nitrogens is 2. The zero-order valence-electron chi connectivity index (χ0n) is 8.88. The molecule has 0 spiro atoms. The van der Waals surface area contributed by atoms with Crippen LogP contribution >= 0.6 is 0 Å². The van der Waals surface area contributed by atoms with E-state index < -0.39 is 11.8 Å². The van der Waals surface area contributed by atoms with Crippen molar-refractivity contribution in [3.05, 3.63) is 24.0 Å². The molecule has 0 aliphatic heterocycles. The minimum absolute atomic E-state index is 0.0406. The predicted octanol–water partition coefficient (Wildman–Crippen LogP) is 1.03. The first kappa shape index (κ1) is 10.9. The Balaban J connectivity index is 2.47. The van der Waals surface area contributed by atoms with Gasteiger partial charge in [-0.25, -0.2) is 4.79 Å². The molecule has 17 heavy (non-hydrogen) atoms. The summed E-state index contributed by atoms with van der Waals surface area (Å²) in [5.74, 6) is -1.08. The minimum atomic E-state index is -1.26. The second-order valence-corrected chi connectivity index (χ2v) is 3.18. The standard InChI is InChI=1S/C10H9N3O4/c1-16-5-2-3-7(11)6(4-5)9-12-8(10(14)15)13-17-9/h2-4H,11H2,1H3,(H,14,15). The van der Waals surface area contributed by atoms with E-state index >= 15 is 0 Å². The summed E-state index contributed by atoms with van der Waals surface area (Å²) in [4.78, 5) is 14.3. The van der Waals surface area contributed by atoms with Gasteiger partial charge in [-0.3, -0.25) is 0 Å². The highest BCUT2D eigenvalue weighted by Crippen LogP contribution is 2.28. The summed E-state index contributed by atoms with van der Waals surface area (Å²) in [5.41, 5.74) is 6.56. The average molecular weight is 235 g/mol. The number of nitrogens with zero attached hydrogens (tertiary/aromatic N) is 2. The smallest absolute Gasteiger partial charge is 0.377 e. The monoisotopic (exact) mass is 235 g/mol. The Kier molecular flexibility index (Phi) is 2.65. The van der Waals surface area contributed by atoms with E-state index in [1.807, 2.05) is 0 Å². The van der Waals surface area contributed by atoms with Crippen LogP contribution in [0.4, 0.5) is 5.69 Å². The number of ether oxygens (including phenoxy) is 1. The highest BCUT2D eigenvalue weighted by Gasteiger charge is 2.16. The number of carboxylic acids is 1. The van der Waals surface area contributed by atoms with Crippen LogP contribution < -0.4 is 10.5 Å². The van der Waals surface area contributed by atoms with Gasteiger partial charge in [0.1, 0.15) is 5.75 Å². The van der Waals surface area contributed by atoms with Crippen LogP contribution in [0.15, 0.2) is 22.7 Å². The van der Waals surface area contributed by atoms with Gasteiger partial charge in [-0.05, 0) is 23.4 Å². The molecule has 0 aliphatic rings. The summed E-state index contributed by atoms with van der Waals surface area (Å²) < 4.78 is 9.84. The third-order valence-corrected chi connectivity index (χ3v) is 2.11. The highest BCUT2D eigenvalue weighted by molar-refractivity contribution is 5.84. The van der Waals surface area contributed by atoms with E-state index in [9.17, 15) is 4.79 Å². The summed E-state index contributed by atoms with van der Waals surface area (Å²) in [6.07, 6.45) is 0. The van der Waals surface area contributed by atoms with Gasteiger partial charge in [0.2, 0.25) is 0 Å². The van der Waals surface area contributed by atoms with Crippen molar-refractivity contribution in [2.24, 2.45) is 0 Å². The molecule has 0 radical (unpaired) electrons. The molecule has 0 bridgehead atoms. The van der Waals surface area contributed by atoms with Crippen LogP contribution in [0, 0.1) is 0 Å². The molecule has 0 saturated carbocycles. The molecule has 0 unspecified atom stereocenters. The molecule has 88 valence electrons. The molecule has 2 rings (SSSR count). The number of nitrogen functional groups attached to an aromatic ring is 1. The maximum atomic E-state index is 10.6. The van der Waals surface area contributed by atoms with Gasteiger partial charge in [0.05, 0.1) is 12.7 Å². The van der Waals surface area contributed by atoms with Crippen LogP contribution in [0.3, 0.4) is 0 Å². The normalized spacial score (nSPS) is 10.2. The van der Waals surface area contributed by atoms with Crippen LogP contribution in [-0.2, 0) is 0 Å². The van der Waals surface area contributed by atoms with Crippen LogP contribution in [0.25, 0.3) is 11.5 Å². The summed E-state index contributed by atoms with van der Waals surface area (Å²) in [6.45, 7) is 0. The number of carbonyl (C=O) groups is 1. The van der Waals surface area contributed by atoms with Crippen molar-refractivity contribution < 1.29 is 19.2 Å². The fraction of sp³-hybridized carbons (Fsp3) is 0.100. The molecule has 0 saturated heterocycles. The van der Waals surface area contributed by atoms with Crippen LogP contribution in [-0.4, -0.2) is 28.3 Å². The van der Waals surface area contributed by atoms with Crippen LogP contribution in [0.1, 0.15) is 10.6 Å². The Labute approximate surface area is 95.8 Å². The lowest BCUT2D eigenvalue weighted by atomic mass is 10.1. The number of carboxylic acid groups (broad SMARTS) is 1. The van der Waals surface area contributed by atoms with Crippen molar-refractivity contribution in [2.75, 3.05) is 12.8 Å². The molecule has 2 aromatic rings. The number of hydrogen-bond acceptors (Lipinski definition) is 6. The fourth-order valence-corrected chi connectivity index (χ4v) is 1.27. The van der Waals surface area contributed by atoms with E-state index in [0.717, 1.165) is 0 Å². The third-order valence-electron chi connectivity index (χ3n) is 2.11. The Bertz CT molecular complexity index is 564. The molecule has 0 aliphatic carbocycles. The van der Waals surface area contributed by atoms with Gasteiger partial charge in [0, 0.05) is 5.69 Å². The second-order valence-electron chi connectivity index (χ2n) is 3.18. The van der Waals surface area contributed by atoms with Crippen molar-refractivity contribution in [2.45, 2.75) is 0 Å². The topological polar surface area (TPSA) is 111 Å². The molecule has 1 aromatic heterocycles. The lowest BCUT2D eigenvalue weighted by molar-refractivity contribution is 0.0680. The number of aromatic carboxylic acids is 1. The number of hydrogen-bond donors (Lipinski definition) is 2. The van der Waals surface area contributed by atoms with Crippen molar-refractivity contribution in [1.82, 2.24) is 10.1 Å². The first-order valence-corrected chi connectivity index (χ1v) is 4.62. The number of methoxy groups -OCH3 is 1. The van der Waals surface area contributed by atoms with E-state index in [1.165, 1.54) is 7.11 Å². The Morgan fingerprint density at radius 1 is 1.53 bits per heavy atom. The van der Waals surface area contributed by atoms with Crippen LogP contribution in [0.2, 0.25) is 0 Å². The number of anilines is 1. The maximum absolute atomic E-state index is 10.6. The van der Waals surface area contributed by atoms with E-state index in [2.05, 4.69) is 10.1 Å². The first-order valence-electron chi connectivity index (χ1n) is 4.62. The summed E-state index contributed by atoms with van der Waals surface area (Å²) >= 11 is 0. The van der Waals surface area contributed by atoms with E-state index in [0.29, 0.717) is 17.0 Å². The molecule has 0 atom stereocenters. The van der Waals surface area contributed by atoms with Gasteiger partial charge < -0.3 is 20.1 Å². The maximum Gasteiger partial charge on any atom is 0.377 e. The highest BCUT2D eigenvalue weighted by atomic mass is 16.5. The van der Waals surface area contributed by atoms with Gasteiger partial charge in [-0.2, -0.15) is 4.98 Å². The Hall–Kier alpha value is -2.57. The summed E-state index contributed by atoms with van der Waals surface area (Å²) in [7, 11) is 1.51. The quantitative estimate of drug-likeness (QED) is 0.764. The minimum Gasteiger partial charge on any atom is -0.497 e. The van der Waals surface area contributed by atoms with Gasteiger partial charge in [0.15, 0.2) is 0 Å². The molecular formula is C10H9N3O4. The Morgan fingerprint density at radius 3 is 2.88 bits per heavy atom.